The maximum Gasteiger partial charge on any atom is 0.475 e. The van der Waals surface area contributed by atoms with E-state index in [1.807, 2.05) is 30.3 Å². The molecule has 1 aromatic carbocycles. The number of benzene rings is 1. The summed E-state index contributed by atoms with van der Waals surface area (Å²) < 4.78 is 27.1. The van der Waals surface area contributed by atoms with Gasteiger partial charge in [0.15, 0.2) is 0 Å². The highest BCUT2D eigenvalue weighted by Crippen LogP contribution is 2.50. The second-order valence-electron chi connectivity index (χ2n) is 2.99. The molecule has 0 aliphatic heterocycles. The Morgan fingerprint density at radius 3 is 2.18 bits per heavy atom. The Bertz CT molecular complexity index is 348. The molecule has 0 N–H and O–H groups in total. The summed E-state index contributed by atoms with van der Waals surface area (Å²) in [6.45, 7) is 4.10. The van der Waals surface area contributed by atoms with Crippen LogP contribution in [-0.4, -0.2) is 19.2 Å². The quantitative estimate of drug-likeness (QED) is 0.409. The normalized spacial score (nSPS) is 11.6. The van der Waals surface area contributed by atoms with Crippen molar-refractivity contribution in [2.45, 2.75) is 18.7 Å². The van der Waals surface area contributed by atoms with E-state index in [2.05, 4.69) is 0 Å². The summed E-state index contributed by atoms with van der Waals surface area (Å²) in [4.78, 5) is 1.05. The molecule has 0 radical (unpaired) electrons. The Balaban J connectivity index is 2.40. The van der Waals surface area contributed by atoms with Crippen LogP contribution in [0.1, 0.15) is 13.8 Å². The average molecular weight is 276 g/mol. The van der Waals surface area contributed by atoms with E-state index < -0.39 is 7.82 Å². The first kappa shape index (κ1) is 14.7. The summed E-state index contributed by atoms with van der Waals surface area (Å²) in [6, 6.07) is 9.73. The molecular weight excluding hydrogens is 259 g/mol. The smallest absolute Gasteiger partial charge is 0.287 e. The summed E-state index contributed by atoms with van der Waals surface area (Å²) in [5.74, 6) is 0.237. The highest BCUT2D eigenvalue weighted by atomic mass is 32.2. The Morgan fingerprint density at radius 2 is 1.65 bits per heavy atom. The van der Waals surface area contributed by atoms with E-state index in [4.69, 9.17) is 13.6 Å². The van der Waals surface area contributed by atoms with Crippen LogP contribution in [0.3, 0.4) is 0 Å². The minimum absolute atomic E-state index is 0.237. The fourth-order valence-electron chi connectivity index (χ4n) is 1.10. The van der Waals surface area contributed by atoms with Gasteiger partial charge >= 0.3 is 7.82 Å². The van der Waals surface area contributed by atoms with Crippen LogP contribution in [0.4, 0.5) is 0 Å². The maximum absolute atomic E-state index is 11.9. The molecule has 0 saturated carbocycles. The molecule has 0 spiro atoms. The molecule has 0 heterocycles. The monoisotopic (exact) mass is 276 g/mol. The lowest BCUT2D eigenvalue weighted by atomic mass is 10.4. The summed E-state index contributed by atoms with van der Waals surface area (Å²) in [6.07, 6.45) is 0. The van der Waals surface area contributed by atoms with Crippen LogP contribution in [0.2, 0.25) is 0 Å². The molecule has 0 aromatic heterocycles. The van der Waals surface area contributed by atoms with Gasteiger partial charge in [-0.25, -0.2) is 4.57 Å². The van der Waals surface area contributed by atoms with Gasteiger partial charge in [-0.05, 0) is 26.0 Å². The predicted octanol–water partition coefficient (Wildman–Crippen LogP) is 3.93. The summed E-state index contributed by atoms with van der Waals surface area (Å²) in [7, 11) is -3.38. The minimum atomic E-state index is -3.38. The zero-order chi connectivity index (χ0) is 12.6. The maximum atomic E-state index is 11.9. The van der Waals surface area contributed by atoms with Gasteiger partial charge in [-0.15, -0.1) is 0 Å². The second-order valence-corrected chi connectivity index (χ2v) is 5.65. The number of phosphoric acid groups is 1. The van der Waals surface area contributed by atoms with Gasteiger partial charge in [0.25, 0.3) is 0 Å². The van der Waals surface area contributed by atoms with Crippen LogP contribution in [0.5, 0.6) is 0 Å². The molecule has 6 heteroatoms. The highest BCUT2D eigenvalue weighted by Gasteiger charge is 2.24. The van der Waals surface area contributed by atoms with E-state index in [1.54, 1.807) is 13.8 Å². The predicted molar refractivity (Wildman–Crippen MR) is 69.1 cm³/mol. The molecular formula is C11H17O4PS. The number of hydrogen-bond acceptors (Lipinski definition) is 5. The van der Waals surface area contributed by atoms with Gasteiger partial charge in [0, 0.05) is 4.90 Å². The molecule has 0 aliphatic carbocycles. The molecule has 0 atom stereocenters. The lowest BCUT2D eigenvalue weighted by molar-refractivity contribution is 0.137. The van der Waals surface area contributed by atoms with Gasteiger partial charge in [0.05, 0.1) is 13.2 Å². The Hall–Kier alpha value is -0.320. The third-order valence-corrected chi connectivity index (χ3v) is 4.36. The van der Waals surface area contributed by atoms with Gasteiger partial charge in [-0.3, -0.25) is 13.6 Å². The van der Waals surface area contributed by atoms with Gasteiger partial charge in [0.2, 0.25) is 0 Å². The lowest BCUT2D eigenvalue weighted by Crippen LogP contribution is -1.99. The van der Waals surface area contributed by atoms with E-state index in [1.165, 1.54) is 11.8 Å². The van der Waals surface area contributed by atoms with Crippen LogP contribution in [-0.2, 0) is 18.1 Å². The molecule has 17 heavy (non-hydrogen) atoms. The van der Waals surface area contributed by atoms with Crippen molar-refractivity contribution in [2.24, 2.45) is 0 Å². The summed E-state index contributed by atoms with van der Waals surface area (Å²) in [5, 5.41) is 0. The van der Waals surface area contributed by atoms with Gasteiger partial charge < -0.3 is 0 Å². The summed E-state index contributed by atoms with van der Waals surface area (Å²) >= 11 is 1.44. The zero-order valence-corrected chi connectivity index (χ0v) is 11.7. The van der Waals surface area contributed by atoms with Crippen molar-refractivity contribution in [3.05, 3.63) is 30.3 Å². The van der Waals surface area contributed by atoms with Crippen molar-refractivity contribution in [1.82, 2.24) is 0 Å². The van der Waals surface area contributed by atoms with Crippen LogP contribution in [0.15, 0.2) is 35.2 Å². The molecule has 1 aromatic rings. The molecule has 0 bridgehead atoms. The molecule has 0 saturated heterocycles. The average Bonchev–Trinajstić information content (AvgIpc) is 2.31. The first-order valence-electron chi connectivity index (χ1n) is 5.41. The van der Waals surface area contributed by atoms with E-state index in [9.17, 15) is 4.57 Å². The van der Waals surface area contributed by atoms with Gasteiger partial charge in [-0.2, -0.15) is 0 Å². The van der Waals surface area contributed by atoms with Gasteiger partial charge in [0.1, 0.15) is 5.94 Å². The molecule has 0 fully saturated rings. The number of thioether (sulfide) groups is 1. The molecule has 96 valence electrons. The first-order chi connectivity index (χ1) is 8.20. The van der Waals surface area contributed by atoms with E-state index in [-0.39, 0.29) is 5.94 Å². The molecule has 0 amide bonds. The zero-order valence-electron chi connectivity index (χ0n) is 10.00. The Labute approximate surface area is 106 Å². The lowest BCUT2D eigenvalue weighted by Gasteiger charge is -2.15. The molecule has 0 aliphatic rings. The molecule has 4 nitrogen and oxygen atoms in total. The number of phosphoric ester groups is 1. The fraction of sp³-hybridized carbons (Fsp3) is 0.455. The van der Waals surface area contributed by atoms with E-state index in [0.717, 1.165) is 4.90 Å². The van der Waals surface area contributed by atoms with Crippen LogP contribution in [0.25, 0.3) is 0 Å². The largest absolute Gasteiger partial charge is 0.475 e. The SMILES string of the molecule is CCOP(=O)(OCC)OCSc1ccccc1. The van der Waals surface area contributed by atoms with Crippen molar-refractivity contribution < 1.29 is 18.1 Å². The second kappa shape index (κ2) is 7.90. The van der Waals surface area contributed by atoms with Crippen molar-refractivity contribution in [3.8, 4) is 0 Å². The van der Waals surface area contributed by atoms with Crippen LogP contribution in [0, 0.1) is 0 Å². The van der Waals surface area contributed by atoms with Gasteiger partial charge in [-0.1, -0.05) is 30.0 Å². The van der Waals surface area contributed by atoms with Crippen molar-refractivity contribution in [1.29, 1.82) is 0 Å². The first-order valence-corrected chi connectivity index (χ1v) is 7.86. The van der Waals surface area contributed by atoms with Crippen molar-refractivity contribution in [3.63, 3.8) is 0 Å². The Morgan fingerprint density at radius 1 is 1.06 bits per heavy atom. The Kier molecular flexibility index (Phi) is 6.85. The molecule has 1 rings (SSSR count). The fourth-order valence-corrected chi connectivity index (χ4v) is 3.17. The van der Waals surface area contributed by atoms with Crippen molar-refractivity contribution >= 4 is 19.6 Å². The van der Waals surface area contributed by atoms with E-state index in [0.29, 0.717) is 13.2 Å². The summed E-state index contributed by atoms with van der Waals surface area (Å²) in [5.41, 5.74) is 0. The van der Waals surface area contributed by atoms with Crippen molar-refractivity contribution in [2.75, 3.05) is 19.2 Å². The minimum Gasteiger partial charge on any atom is -0.287 e. The van der Waals surface area contributed by atoms with Crippen LogP contribution >= 0.6 is 19.6 Å². The molecule has 0 unspecified atom stereocenters. The standard InChI is InChI=1S/C11H17O4PS/c1-3-13-16(12,14-4-2)15-10-17-11-8-6-5-7-9-11/h5-9H,3-4,10H2,1-2H3. The topological polar surface area (TPSA) is 44.8 Å². The van der Waals surface area contributed by atoms with E-state index >= 15 is 0 Å². The van der Waals surface area contributed by atoms with Crippen LogP contribution < -0.4 is 0 Å². The highest BCUT2D eigenvalue weighted by molar-refractivity contribution is 7.99. The number of rotatable bonds is 8. The third-order valence-electron chi connectivity index (χ3n) is 1.75. The third kappa shape index (κ3) is 5.70. The number of hydrogen-bond donors (Lipinski definition) is 0.